The standard InChI is InChI=1S/C21H23N3O6/c1-14-11-15-5-3-4-6-18(15)23(14)20(25)13-30-21(26)16-7-8-17(22-9-10-29-2)19(12-16)24(27)28/h3-8,12,14,22H,9-11,13H2,1-2H3/t14-/m1/s1. The number of carbonyl (C=O) groups excluding carboxylic acids is 2. The first-order valence-electron chi connectivity index (χ1n) is 9.50. The number of nitrogens with zero attached hydrogens (tertiary/aromatic N) is 2. The third-order valence-corrected chi connectivity index (χ3v) is 4.85. The average molecular weight is 413 g/mol. The number of nitro groups is 1. The van der Waals surface area contributed by atoms with Gasteiger partial charge in [0.2, 0.25) is 0 Å². The lowest BCUT2D eigenvalue weighted by molar-refractivity contribution is -0.384. The number of para-hydroxylation sites is 1. The maximum Gasteiger partial charge on any atom is 0.338 e. The SMILES string of the molecule is COCCNc1ccc(C(=O)OCC(=O)N2c3ccccc3C[C@H]2C)cc1[N+](=O)[O-]. The summed E-state index contributed by atoms with van der Waals surface area (Å²) in [5, 5.41) is 14.2. The number of ether oxygens (including phenoxy) is 2. The Morgan fingerprint density at radius 1 is 1.27 bits per heavy atom. The van der Waals surface area contributed by atoms with Gasteiger partial charge < -0.3 is 19.7 Å². The van der Waals surface area contributed by atoms with Gasteiger partial charge in [0.25, 0.3) is 11.6 Å². The van der Waals surface area contributed by atoms with Gasteiger partial charge in [-0.05, 0) is 37.1 Å². The van der Waals surface area contributed by atoms with Crippen molar-refractivity contribution < 1.29 is 24.0 Å². The van der Waals surface area contributed by atoms with Gasteiger partial charge in [0.05, 0.1) is 17.1 Å². The summed E-state index contributed by atoms with van der Waals surface area (Å²) in [4.78, 5) is 37.4. The number of benzene rings is 2. The molecule has 0 saturated carbocycles. The van der Waals surface area contributed by atoms with E-state index in [1.54, 1.807) is 4.90 Å². The van der Waals surface area contributed by atoms with Crippen LogP contribution in [0.4, 0.5) is 17.1 Å². The lowest BCUT2D eigenvalue weighted by Crippen LogP contribution is -2.38. The minimum absolute atomic E-state index is 0.00154. The van der Waals surface area contributed by atoms with Crippen molar-refractivity contribution in [2.75, 3.05) is 37.1 Å². The van der Waals surface area contributed by atoms with E-state index in [2.05, 4.69) is 5.32 Å². The number of hydrogen-bond acceptors (Lipinski definition) is 7. The van der Waals surface area contributed by atoms with E-state index in [0.29, 0.717) is 13.2 Å². The van der Waals surface area contributed by atoms with Crippen molar-refractivity contribution in [3.05, 3.63) is 63.7 Å². The van der Waals surface area contributed by atoms with Crippen LogP contribution in [0.15, 0.2) is 42.5 Å². The summed E-state index contributed by atoms with van der Waals surface area (Å²) in [6.45, 7) is 2.24. The molecule has 0 aliphatic carbocycles. The molecule has 0 saturated heterocycles. The zero-order chi connectivity index (χ0) is 21.7. The minimum Gasteiger partial charge on any atom is -0.452 e. The fourth-order valence-corrected chi connectivity index (χ4v) is 3.47. The van der Waals surface area contributed by atoms with Gasteiger partial charge in [0.15, 0.2) is 6.61 Å². The number of hydrogen-bond donors (Lipinski definition) is 1. The number of nitro benzene ring substituents is 1. The van der Waals surface area contributed by atoms with Crippen molar-refractivity contribution in [2.45, 2.75) is 19.4 Å². The third kappa shape index (κ3) is 4.57. The van der Waals surface area contributed by atoms with E-state index in [9.17, 15) is 19.7 Å². The molecule has 1 amide bonds. The molecule has 3 rings (SSSR count). The smallest absolute Gasteiger partial charge is 0.338 e. The van der Waals surface area contributed by atoms with E-state index in [1.807, 2.05) is 31.2 Å². The lowest BCUT2D eigenvalue weighted by Gasteiger charge is -2.22. The van der Waals surface area contributed by atoms with E-state index in [1.165, 1.54) is 19.2 Å². The van der Waals surface area contributed by atoms with Crippen molar-refractivity contribution in [2.24, 2.45) is 0 Å². The average Bonchev–Trinajstić information content (AvgIpc) is 3.07. The molecule has 1 aliphatic rings. The molecule has 2 aromatic carbocycles. The van der Waals surface area contributed by atoms with Crippen LogP contribution in [-0.4, -0.2) is 49.7 Å². The van der Waals surface area contributed by atoms with Gasteiger partial charge >= 0.3 is 5.97 Å². The topological polar surface area (TPSA) is 111 Å². The maximum atomic E-state index is 12.6. The molecule has 0 radical (unpaired) electrons. The van der Waals surface area contributed by atoms with Gasteiger partial charge in [-0.2, -0.15) is 0 Å². The summed E-state index contributed by atoms with van der Waals surface area (Å²) in [5.74, 6) is -1.14. The molecule has 0 bridgehead atoms. The number of amides is 1. The predicted molar refractivity (Wildman–Crippen MR) is 111 cm³/mol. The molecule has 9 heteroatoms. The highest BCUT2D eigenvalue weighted by Crippen LogP contribution is 2.32. The maximum absolute atomic E-state index is 12.6. The van der Waals surface area contributed by atoms with Crippen molar-refractivity contribution in [3.63, 3.8) is 0 Å². The molecule has 9 nitrogen and oxygen atoms in total. The van der Waals surface area contributed by atoms with E-state index in [-0.39, 0.29) is 28.9 Å². The molecule has 1 aliphatic heterocycles. The molecule has 158 valence electrons. The number of methoxy groups -OCH3 is 1. The monoisotopic (exact) mass is 413 g/mol. The fourth-order valence-electron chi connectivity index (χ4n) is 3.47. The molecule has 30 heavy (non-hydrogen) atoms. The molecular formula is C21H23N3O6. The lowest BCUT2D eigenvalue weighted by atomic mass is 10.1. The normalized spacial score (nSPS) is 14.9. The van der Waals surface area contributed by atoms with Crippen LogP contribution in [0.1, 0.15) is 22.8 Å². The number of esters is 1. The second-order valence-electron chi connectivity index (χ2n) is 6.93. The number of rotatable bonds is 8. The van der Waals surface area contributed by atoms with Crippen LogP contribution in [-0.2, 0) is 20.7 Å². The molecule has 1 heterocycles. The Balaban J connectivity index is 1.67. The molecule has 0 fully saturated rings. The summed E-state index contributed by atoms with van der Waals surface area (Å²) >= 11 is 0. The molecule has 1 N–H and O–H groups in total. The second-order valence-corrected chi connectivity index (χ2v) is 6.93. The molecule has 2 aromatic rings. The largest absolute Gasteiger partial charge is 0.452 e. The van der Waals surface area contributed by atoms with Crippen molar-refractivity contribution >= 4 is 28.9 Å². The minimum atomic E-state index is -0.796. The first kappa shape index (κ1) is 21.3. The van der Waals surface area contributed by atoms with Crippen LogP contribution >= 0.6 is 0 Å². The molecular weight excluding hydrogens is 390 g/mol. The van der Waals surface area contributed by atoms with Crippen molar-refractivity contribution in [1.82, 2.24) is 0 Å². The van der Waals surface area contributed by atoms with Gasteiger partial charge in [-0.1, -0.05) is 18.2 Å². The number of anilines is 2. The third-order valence-electron chi connectivity index (χ3n) is 4.85. The van der Waals surface area contributed by atoms with Gasteiger partial charge in [0, 0.05) is 31.5 Å². The highest BCUT2D eigenvalue weighted by molar-refractivity contribution is 5.99. The fraction of sp³-hybridized carbons (Fsp3) is 0.333. The number of nitrogens with one attached hydrogen (secondary N) is 1. The van der Waals surface area contributed by atoms with Gasteiger partial charge in [-0.3, -0.25) is 14.9 Å². The zero-order valence-electron chi connectivity index (χ0n) is 16.8. The first-order chi connectivity index (χ1) is 14.4. The summed E-state index contributed by atoms with van der Waals surface area (Å²) in [7, 11) is 1.53. The summed E-state index contributed by atoms with van der Waals surface area (Å²) in [5.41, 5.74) is 1.90. The Morgan fingerprint density at radius 2 is 2.03 bits per heavy atom. The van der Waals surface area contributed by atoms with E-state index < -0.39 is 17.5 Å². The Hall–Kier alpha value is -3.46. The zero-order valence-corrected chi connectivity index (χ0v) is 16.8. The Kier molecular flexibility index (Phi) is 6.63. The van der Waals surface area contributed by atoms with Crippen LogP contribution in [0.25, 0.3) is 0 Å². The van der Waals surface area contributed by atoms with Crippen LogP contribution in [0.2, 0.25) is 0 Å². The summed E-state index contributed by atoms with van der Waals surface area (Å²) in [6, 6.07) is 11.5. The van der Waals surface area contributed by atoms with Crippen LogP contribution in [0, 0.1) is 10.1 Å². The summed E-state index contributed by atoms with van der Waals surface area (Å²) in [6.07, 6.45) is 0.736. The van der Waals surface area contributed by atoms with Gasteiger partial charge in [-0.25, -0.2) is 4.79 Å². The van der Waals surface area contributed by atoms with Crippen LogP contribution < -0.4 is 10.2 Å². The summed E-state index contributed by atoms with van der Waals surface area (Å²) < 4.78 is 10.1. The number of carbonyl (C=O) groups is 2. The quantitative estimate of drug-likeness (QED) is 0.307. The second kappa shape index (κ2) is 9.36. The highest BCUT2D eigenvalue weighted by atomic mass is 16.6. The Morgan fingerprint density at radius 3 is 2.77 bits per heavy atom. The van der Waals surface area contributed by atoms with Gasteiger partial charge in [0.1, 0.15) is 5.69 Å². The first-order valence-corrected chi connectivity index (χ1v) is 9.50. The Bertz CT molecular complexity index is 962. The van der Waals surface area contributed by atoms with Gasteiger partial charge in [-0.15, -0.1) is 0 Å². The molecule has 0 aromatic heterocycles. The van der Waals surface area contributed by atoms with Crippen molar-refractivity contribution in [1.29, 1.82) is 0 Å². The predicted octanol–water partition coefficient (Wildman–Crippen LogP) is 2.79. The highest BCUT2D eigenvalue weighted by Gasteiger charge is 2.31. The van der Waals surface area contributed by atoms with Crippen LogP contribution in [0.3, 0.4) is 0 Å². The van der Waals surface area contributed by atoms with Crippen molar-refractivity contribution in [3.8, 4) is 0 Å². The van der Waals surface area contributed by atoms with E-state index in [4.69, 9.17) is 9.47 Å². The number of fused-ring (bicyclic) bond motifs is 1. The van der Waals surface area contributed by atoms with E-state index >= 15 is 0 Å². The van der Waals surface area contributed by atoms with Crippen LogP contribution in [0.5, 0.6) is 0 Å². The van der Waals surface area contributed by atoms with E-state index in [0.717, 1.165) is 23.7 Å². The molecule has 0 unspecified atom stereocenters. The molecule has 0 spiro atoms. The molecule has 1 atom stereocenters. The Labute approximate surface area is 173 Å².